The number of nitrogens with one attached hydrogen (secondary N) is 1. The average Bonchev–Trinajstić information content (AvgIpc) is 2.37. The zero-order chi connectivity index (χ0) is 14.4. The first-order valence-corrected chi connectivity index (χ1v) is 6.26. The fraction of sp³-hybridized carbons (Fsp3) is 0.462. The number of carbonyl (C=O) groups excluding carboxylic acids is 1. The molecule has 0 saturated heterocycles. The van der Waals surface area contributed by atoms with Crippen molar-refractivity contribution in [3.63, 3.8) is 0 Å². The van der Waals surface area contributed by atoms with Gasteiger partial charge in [-0.3, -0.25) is 14.9 Å². The number of benzene rings is 1. The molecule has 1 amide bonds. The highest BCUT2D eigenvalue weighted by atomic mass is 16.6. The molecule has 1 rings (SSSR count). The minimum atomic E-state index is -0.488. The number of hydrogen-bond donors (Lipinski definition) is 2. The number of rotatable bonds is 6. The number of nitro groups is 1. The summed E-state index contributed by atoms with van der Waals surface area (Å²) in [6, 6.07) is 4.38. The Morgan fingerprint density at radius 3 is 2.74 bits per heavy atom. The molecule has 1 aromatic carbocycles. The summed E-state index contributed by atoms with van der Waals surface area (Å²) in [5, 5.41) is 13.6. The third-order valence-corrected chi connectivity index (χ3v) is 3.00. The van der Waals surface area contributed by atoms with Crippen LogP contribution >= 0.6 is 0 Å². The predicted octanol–water partition coefficient (Wildman–Crippen LogP) is 1.76. The van der Waals surface area contributed by atoms with Gasteiger partial charge >= 0.3 is 0 Å². The minimum absolute atomic E-state index is 0.0487. The van der Waals surface area contributed by atoms with Crippen LogP contribution in [0, 0.1) is 17.0 Å². The van der Waals surface area contributed by atoms with Crippen LogP contribution in [0.5, 0.6) is 0 Å². The van der Waals surface area contributed by atoms with Crippen LogP contribution in [0.3, 0.4) is 0 Å². The number of nitrogens with two attached hydrogens (primary N) is 1. The van der Waals surface area contributed by atoms with Crippen molar-refractivity contribution in [3.8, 4) is 0 Å². The number of nitrogens with zero attached hydrogens (tertiary/aromatic N) is 1. The van der Waals surface area contributed by atoms with Gasteiger partial charge in [-0.1, -0.05) is 19.4 Å². The molecule has 1 atom stereocenters. The Morgan fingerprint density at radius 1 is 1.53 bits per heavy atom. The van der Waals surface area contributed by atoms with Crippen LogP contribution in [0.1, 0.15) is 35.7 Å². The van der Waals surface area contributed by atoms with Crippen LogP contribution in [-0.2, 0) is 0 Å². The summed E-state index contributed by atoms with van der Waals surface area (Å²) in [5.74, 6) is -0.315. The van der Waals surface area contributed by atoms with E-state index < -0.39 is 4.92 Å². The molecule has 0 heterocycles. The first-order valence-electron chi connectivity index (χ1n) is 6.26. The Kier molecular flexibility index (Phi) is 5.44. The second-order valence-corrected chi connectivity index (χ2v) is 4.40. The molecule has 0 fully saturated rings. The predicted molar refractivity (Wildman–Crippen MR) is 73.1 cm³/mol. The van der Waals surface area contributed by atoms with Crippen LogP contribution in [0.15, 0.2) is 18.2 Å². The second-order valence-electron chi connectivity index (χ2n) is 4.40. The summed E-state index contributed by atoms with van der Waals surface area (Å²) in [5.41, 5.74) is 6.23. The SMILES string of the molecule is CCCC(CN)NC(=O)c1cccc([N+](=O)[O-])c1C. The summed E-state index contributed by atoms with van der Waals surface area (Å²) >= 11 is 0. The Bertz CT molecular complexity index is 474. The molecule has 104 valence electrons. The molecule has 1 aromatic rings. The summed E-state index contributed by atoms with van der Waals surface area (Å²) in [4.78, 5) is 22.4. The largest absolute Gasteiger partial charge is 0.348 e. The van der Waals surface area contributed by atoms with E-state index in [1.54, 1.807) is 13.0 Å². The highest BCUT2D eigenvalue weighted by molar-refractivity contribution is 5.96. The lowest BCUT2D eigenvalue weighted by Gasteiger charge is -2.16. The molecular formula is C13H19N3O3. The Labute approximate surface area is 112 Å². The van der Waals surface area contributed by atoms with Gasteiger partial charge in [-0.25, -0.2) is 0 Å². The third kappa shape index (κ3) is 3.75. The van der Waals surface area contributed by atoms with Gasteiger partial charge in [0.1, 0.15) is 0 Å². The van der Waals surface area contributed by atoms with Crippen LogP contribution in [0.25, 0.3) is 0 Å². The van der Waals surface area contributed by atoms with Crippen molar-refractivity contribution in [1.29, 1.82) is 0 Å². The molecule has 6 nitrogen and oxygen atoms in total. The standard InChI is InChI=1S/C13H19N3O3/c1-3-5-10(8-14)15-13(17)11-6-4-7-12(9(11)2)16(18)19/h4,6-7,10H,3,5,8,14H2,1-2H3,(H,15,17). The van der Waals surface area contributed by atoms with Crippen molar-refractivity contribution < 1.29 is 9.72 Å². The van der Waals surface area contributed by atoms with Gasteiger partial charge in [0.2, 0.25) is 0 Å². The molecule has 0 aliphatic carbocycles. The van der Waals surface area contributed by atoms with Crippen LogP contribution in [0.2, 0.25) is 0 Å². The van der Waals surface area contributed by atoms with Crippen LogP contribution in [0.4, 0.5) is 5.69 Å². The van der Waals surface area contributed by atoms with Crippen molar-refractivity contribution in [2.75, 3.05) is 6.54 Å². The number of hydrogen-bond acceptors (Lipinski definition) is 4. The van der Waals surface area contributed by atoms with Gasteiger partial charge in [0.25, 0.3) is 11.6 Å². The van der Waals surface area contributed by atoms with Crippen molar-refractivity contribution >= 4 is 11.6 Å². The number of nitro benzene ring substituents is 1. The number of amides is 1. The molecule has 0 bridgehead atoms. The highest BCUT2D eigenvalue weighted by Gasteiger charge is 2.19. The van der Waals surface area contributed by atoms with E-state index in [1.807, 2.05) is 6.92 Å². The second kappa shape index (κ2) is 6.84. The van der Waals surface area contributed by atoms with E-state index in [9.17, 15) is 14.9 Å². The Hall–Kier alpha value is -1.95. The van der Waals surface area contributed by atoms with Crippen LogP contribution in [-0.4, -0.2) is 23.4 Å². The van der Waals surface area contributed by atoms with E-state index in [4.69, 9.17) is 5.73 Å². The quantitative estimate of drug-likeness (QED) is 0.604. The van der Waals surface area contributed by atoms with Gasteiger partial charge in [0.15, 0.2) is 0 Å². The van der Waals surface area contributed by atoms with Crippen molar-refractivity contribution in [2.45, 2.75) is 32.7 Å². The van der Waals surface area contributed by atoms with E-state index in [0.717, 1.165) is 12.8 Å². The van der Waals surface area contributed by atoms with Crippen molar-refractivity contribution in [2.24, 2.45) is 5.73 Å². The fourth-order valence-electron chi connectivity index (χ4n) is 1.93. The molecule has 0 radical (unpaired) electrons. The lowest BCUT2D eigenvalue weighted by molar-refractivity contribution is -0.385. The van der Waals surface area contributed by atoms with Gasteiger partial charge < -0.3 is 11.1 Å². The van der Waals surface area contributed by atoms with Gasteiger partial charge in [-0.05, 0) is 19.4 Å². The summed E-state index contributed by atoms with van der Waals surface area (Å²) < 4.78 is 0. The van der Waals surface area contributed by atoms with E-state index in [2.05, 4.69) is 5.32 Å². The molecule has 0 aliphatic rings. The molecular weight excluding hydrogens is 246 g/mol. The van der Waals surface area contributed by atoms with Crippen molar-refractivity contribution in [1.82, 2.24) is 5.32 Å². The lowest BCUT2D eigenvalue weighted by atomic mass is 10.1. The first-order chi connectivity index (χ1) is 9.01. The molecule has 3 N–H and O–H groups in total. The topological polar surface area (TPSA) is 98.3 Å². The molecule has 0 aliphatic heterocycles. The zero-order valence-corrected chi connectivity index (χ0v) is 11.2. The maximum Gasteiger partial charge on any atom is 0.273 e. The molecule has 0 saturated carbocycles. The average molecular weight is 265 g/mol. The van der Waals surface area contributed by atoms with E-state index in [0.29, 0.717) is 17.7 Å². The van der Waals surface area contributed by atoms with Gasteiger partial charge in [-0.15, -0.1) is 0 Å². The highest BCUT2D eigenvalue weighted by Crippen LogP contribution is 2.21. The lowest BCUT2D eigenvalue weighted by Crippen LogP contribution is -2.40. The minimum Gasteiger partial charge on any atom is -0.348 e. The first kappa shape index (κ1) is 15.1. The monoisotopic (exact) mass is 265 g/mol. The van der Waals surface area contributed by atoms with E-state index in [1.165, 1.54) is 12.1 Å². The summed E-state index contributed by atoms with van der Waals surface area (Å²) in [7, 11) is 0. The maximum atomic E-state index is 12.1. The third-order valence-electron chi connectivity index (χ3n) is 3.00. The molecule has 6 heteroatoms. The fourth-order valence-corrected chi connectivity index (χ4v) is 1.93. The van der Waals surface area contributed by atoms with Gasteiger partial charge in [0, 0.05) is 29.8 Å². The van der Waals surface area contributed by atoms with E-state index in [-0.39, 0.29) is 17.6 Å². The summed E-state index contributed by atoms with van der Waals surface area (Å²) in [6.45, 7) is 3.94. The molecule has 19 heavy (non-hydrogen) atoms. The Balaban J connectivity index is 2.94. The normalized spacial score (nSPS) is 11.9. The molecule has 1 unspecified atom stereocenters. The zero-order valence-electron chi connectivity index (χ0n) is 11.2. The smallest absolute Gasteiger partial charge is 0.273 e. The van der Waals surface area contributed by atoms with Crippen LogP contribution < -0.4 is 11.1 Å². The van der Waals surface area contributed by atoms with Crippen molar-refractivity contribution in [3.05, 3.63) is 39.4 Å². The Morgan fingerprint density at radius 2 is 2.21 bits per heavy atom. The number of carbonyl (C=O) groups is 1. The molecule has 0 aromatic heterocycles. The maximum absolute atomic E-state index is 12.1. The summed E-state index contributed by atoms with van der Waals surface area (Å²) in [6.07, 6.45) is 1.70. The molecule has 0 spiro atoms. The van der Waals surface area contributed by atoms with Gasteiger partial charge in [-0.2, -0.15) is 0 Å². The van der Waals surface area contributed by atoms with Gasteiger partial charge in [0.05, 0.1) is 4.92 Å². The van der Waals surface area contributed by atoms with E-state index >= 15 is 0 Å².